The second-order valence-corrected chi connectivity index (χ2v) is 10.2. The van der Waals surface area contributed by atoms with Crippen LogP contribution in [0.4, 0.5) is 0 Å². The largest absolute Gasteiger partial charge is 0.476 e. The highest BCUT2D eigenvalue weighted by Crippen LogP contribution is 2.22. The van der Waals surface area contributed by atoms with E-state index in [1.54, 1.807) is 4.90 Å². The molecule has 0 bridgehead atoms. The van der Waals surface area contributed by atoms with Crippen molar-refractivity contribution in [3.05, 3.63) is 47.7 Å². The quantitative estimate of drug-likeness (QED) is 0.775. The Balaban J connectivity index is 1.49. The van der Waals surface area contributed by atoms with Gasteiger partial charge in [0.1, 0.15) is 0 Å². The summed E-state index contributed by atoms with van der Waals surface area (Å²) in [5.74, 6) is 0.735. The van der Waals surface area contributed by atoms with Crippen LogP contribution < -0.4 is 9.88 Å². The van der Waals surface area contributed by atoms with E-state index in [1.165, 1.54) is 24.3 Å². The van der Waals surface area contributed by atoms with Crippen LogP contribution in [-0.4, -0.2) is 49.1 Å². The van der Waals surface area contributed by atoms with Crippen molar-refractivity contribution >= 4 is 15.9 Å². The molecule has 162 valence electrons. The lowest BCUT2D eigenvalue weighted by Crippen LogP contribution is -2.39. The zero-order valence-electron chi connectivity index (χ0n) is 17.5. The van der Waals surface area contributed by atoms with Crippen molar-refractivity contribution in [2.75, 3.05) is 19.7 Å². The van der Waals surface area contributed by atoms with Gasteiger partial charge in [-0.15, -0.1) is 5.10 Å². The Morgan fingerprint density at radius 3 is 2.23 bits per heavy atom. The molecule has 1 fully saturated rings. The number of carbonyl (C=O) groups excluding carboxylic acids is 1. The standard InChI is InChI=1S/C21H28N4O4S/c1-21(2,3)18-8-9-19(24-23-18)29-14-15-10-12-25(13-11-15)20(26)16-4-6-17(7-5-16)30(22,27)28/h4-9,15H,10-14H2,1-3H3,(H2,22,27,28). The summed E-state index contributed by atoms with van der Waals surface area (Å²) in [6.45, 7) is 8.04. The number of likely N-dealkylation sites (tertiary alicyclic amines) is 1. The molecule has 3 rings (SSSR count). The third-order valence-corrected chi connectivity index (χ3v) is 6.14. The number of hydrogen-bond acceptors (Lipinski definition) is 6. The van der Waals surface area contributed by atoms with E-state index in [2.05, 4.69) is 31.0 Å². The van der Waals surface area contributed by atoms with Crippen LogP contribution in [0.1, 0.15) is 49.7 Å². The minimum Gasteiger partial charge on any atom is -0.476 e. The van der Waals surface area contributed by atoms with Crippen LogP contribution in [-0.2, 0) is 15.4 Å². The lowest BCUT2D eigenvalue weighted by atomic mass is 9.92. The number of nitrogens with zero attached hydrogens (tertiary/aromatic N) is 3. The van der Waals surface area contributed by atoms with Crippen molar-refractivity contribution in [2.45, 2.75) is 43.9 Å². The Bertz CT molecular complexity index is 975. The first-order valence-corrected chi connectivity index (χ1v) is 11.5. The molecule has 0 atom stereocenters. The predicted octanol–water partition coefficient (Wildman–Crippen LogP) is 2.35. The van der Waals surface area contributed by atoms with E-state index in [1.807, 2.05) is 12.1 Å². The molecule has 0 unspecified atom stereocenters. The summed E-state index contributed by atoms with van der Waals surface area (Å²) in [4.78, 5) is 14.4. The topological polar surface area (TPSA) is 115 Å². The number of rotatable bonds is 5. The summed E-state index contributed by atoms with van der Waals surface area (Å²) in [6, 6.07) is 9.49. The van der Waals surface area contributed by atoms with Gasteiger partial charge in [-0.2, -0.15) is 5.10 Å². The molecule has 0 spiro atoms. The van der Waals surface area contributed by atoms with E-state index in [0.29, 0.717) is 37.1 Å². The van der Waals surface area contributed by atoms with E-state index in [0.717, 1.165) is 18.5 Å². The number of nitrogens with two attached hydrogens (primary N) is 1. The summed E-state index contributed by atoms with van der Waals surface area (Å²) in [5, 5.41) is 13.5. The van der Waals surface area contributed by atoms with Crippen LogP contribution in [0, 0.1) is 5.92 Å². The second kappa shape index (κ2) is 8.69. The van der Waals surface area contributed by atoms with Gasteiger partial charge in [0, 0.05) is 30.1 Å². The summed E-state index contributed by atoms with van der Waals surface area (Å²) in [6.07, 6.45) is 1.66. The van der Waals surface area contributed by atoms with Crippen LogP contribution in [0.25, 0.3) is 0 Å². The number of piperidine rings is 1. The minimum atomic E-state index is -3.76. The number of benzene rings is 1. The molecule has 8 nitrogen and oxygen atoms in total. The van der Waals surface area contributed by atoms with E-state index in [-0.39, 0.29) is 16.2 Å². The molecule has 1 aliphatic rings. The lowest BCUT2D eigenvalue weighted by molar-refractivity contribution is 0.0659. The number of sulfonamides is 1. The Morgan fingerprint density at radius 2 is 1.73 bits per heavy atom. The van der Waals surface area contributed by atoms with Crippen molar-refractivity contribution in [1.29, 1.82) is 0 Å². The van der Waals surface area contributed by atoms with Gasteiger partial charge in [-0.3, -0.25) is 4.79 Å². The molecule has 30 heavy (non-hydrogen) atoms. The third kappa shape index (κ3) is 5.54. The van der Waals surface area contributed by atoms with Gasteiger partial charge in [0.05, 0.1) is 17.2 Å². The van der Waals surface area contributed by atoms with Crippen LogP contribution in [0.5, 0.6) is 5.88 Å². The van der Waals surface area contributed by atoms with Crippen LogP contribution >= 0.6 is 0 Å². The normalized spacial score (nSPS) is 15.8. The van der Waals surface area contributed by atoms with Gasteiger partial charge in [-0.25, -0.2) is 13.6 Å². The highest BCUT2D eigenvalue weighted by atomic mass is 32.2. The molecule has 2 aromatic rings. The van der Waals surface area contributed by atoms with Crippen LogP contribution in [0.15, 0.2) is 41.3 Å². The zero-order chi connectivity index (χ0) is 21.9. The number of aromatic nitrogens is 2. The monoisotopic (exact) mass is 432 g/mol. The molecule has 9 heteroatoms. The molecular weight excluding hydrogens is 404 g/mol. The molecule has 0 saturated carbocycles. The Hall–Kier alpha value is -2.52. The maximum atomic E-state index is 12.7. The molecule has 1 aromatic carbocycles. The second-order valence-electron chi connectivity index (χ2n) is 8.62. The Kier molecular flexibility index (Phi) is 6.42. The molecule has 2 N–H and O–H groups in total. The first kappa shape index (κ1) is 22.2. The minimum absolute atomic E-state index is 0.00598. The highest BCUT2D eigenvalue weighted by Gasteiger charge is 2.24. The van der Waals surface area contributed by atoms with Gasteiger partial charge in [0.25, 0.3) is 5.91 Å². The Morgan fingerprint density at radius 1 is 1.10 bits per heavy atom. The SMILES string of the molecule is CC(C)(C)c1ccc(OCC2CCN(C(=O)c3ccc(S(N)(=O)=O)cc3)CC2)nn1. The number of carbonyl (C=O) groups is 1. The van der Waals surface area contributed by atoms with Crippen LogP contribution in [0.2, 0.25) is 0 Å². The fraction of sp³-hybridized carbons (Fsp3) is 0.476. The van der Waals surface area contributed by atoms with Gasteiger partial charge < -0.3 is 9.64 Å². The summed E-state index contributed by atoms with van der Waals surface area (Å²) >= 11 is 0. The van der Waals surface area contributed by atoms with Crippen molar-refractivity contribution in [3.63, 3.8) is 0 Å². The maximum Gasteiger partial charge on any atom is 0.253 e. The van der Waals surface area contributed by atoms with Crippen molar-refractivity contribution in [3.8, 4) is 5.88 Å². The molecule has 1 amide bonds. The van der Waals surface area contributed by atoms with Crippen molar-refractivity contribution in [1.82, 2.24) is 15.1 Å². The zero-order valence-corrected chi connectivity index (χ0v) is 18.4. The number of ether oxygens (including phenoxy) is 1. The molecule has 1 aromatic heterocycles. The smallest absolute Gasteiger partial charge is 0.253 e. The van der Waals surface area contributed by atoms with Gasteiger partial charge in [-0.05, 0) is 49.1 Å². The van der Waals surface area contributed by atoms with Gasteiger partial charge in [-0.1, -0.05) is 20.8 Å². The van der Waals surface area contributed by atoms with Gasteiger partial charge in [0.15, 0.2) is 0 Å². The molecule has 1 saturated heterocycles. The third-order valence-electron chi connectivity index (χ3n) is 5.21. The fourth-order valence-corrected chi connectivity index (χ4v) is 3.79. The van der Waals surface area contributed by atoms with Crippen molar-refractivity contribution < 1.29 is 17.9 Å². The predicted molar refractivity (Wildman–Crippen MR) is 113 cm³/mol. The first-order valence-electron chi connectivity index (χ1n) is 9.93. The number of primary sulfonamides is 1. The van der Waals surface area contributed by atoms with Crippen LogP contribution in [0.3, 0.4) is 0 Å². The molecule has 1 aliphatic heterocycles. The molecule has 2 heterocycles. The highest BCUT2D eigenvalue weighted by molar-refractivity contribution is 7.89. The van der Waals surface area contributed by atoms with E-state index in [9.17, 15) is 13.2 Å². The summed E-state index contributed by atoms with van der Waals surface area (Å²) in [7, 11) is -3.76. The average molecular weight is 433 g/mol. The Labute approximate surface area is 177 Å². The van der Waals surface area contributed by atoms with E-state index < -0.39 is 10.0 Å². The first-order chi connectivity index (χ1) is 14.0. The fourth-order valence-electron chi connectivity index (χ4n) is 3.27. The van der Waals surface area contributed by atoms with Gasteiger partial charge in [0.2, 0.25) is 15.9 Å². The summed E-state index contributed by atoms with van der Waals surface area (Å²) in [5.41, 5.74) is 1.31. The lowest BCUT2D eigenvalue weighted by Gasteiger charge is -2.31. The maximum absolute atomic E-state index is 12.7. The summed E-state index contributed by atoms with van der Waals surface area (Å²) < 4.78 is 28.5. The number of amides is 1. The molecule has 0 radical (unpaired) electrons. The average Bonchev–Trinajstić information content (AvgIpc) is 2.71. The molecular formula is C21H28N4O4S. The van der Waals surface area contributed by atoms with E-state index >= 15 is 0 Å². The number of hydrogen-bond donors (Lipinski definition) is 1. The molecule has 0 aliphatic carbocycles. The van der Waals surface area contributed by atoms with Crippen molar-refractivity contribution in [2.24, 2.45) is 11.1 Å². The van der Waals surface area contributed by atoms with Gasteiger partial charge >= 0.3 is 0 Å². The van der Waals surface area contributed by atoms with E-state index in [4.69, 9.17) is 9.88 Å².